The highest BCUT2D eigenvalue weighted by atomic mass is 79.9. The van der Waals surface area contributed by atoms with Crippen molar-refractivity contribution in [1.82, 2.24) is 0 Å². The molecule has 1 N–H and O–H groups in total. The van der Waals surface area contributed by atoms with E-state index in [0.717, 1.165) is 21.3 Å². The van der Waals surface area contributed by atoms with Crippen LogP contribution in [0.4, 0.5) is 5.69 Å². The lowest BCUT2D eigenvalue weighted by molar-refractivity contribution is 0.102. The molecule has 3 rings (SSSR count). The van der Waals surface area contributed by atoms with Crippen LogP contribution < -0.4 is 14.8 Å². The molecule has 0 spiro atoms. The van der Waals surface area contributed by atoms with E-state index in [1.165, 1.54) is 0 Å². The van der Waals surface area contributed by atoms with Crippen LogP contribution in [0.3, 0.4) is 0 Å². The van der Waals surface area contributed by atoms with Crippen molar-refractivity contribution in [2.24, 2.45) is 0 Å². The Morgan fingerprint density at radius 3 is 2.43 bits per heavy atom. The fraction of sp³-hybridized carbons (Fsp3) is 0.240. The van der Waals surface area contributed by atoms with Gasteiger partial charge in [0.1, 0.15) is 6.61 Å². The minimum Gasteiger partial charge on any atom is -0.490 e. The number of anilines is 1. The van der Waals surface area contributed by atoms with E-state index < -0.39 is 0 Å². The van der Waals surface area contributed by atoms with Crippen molar-refractivity contribution in [2.75, 3.05) is 11.9 Å². The molecule has 0 unspecified atom stereocenters. The number of amides is 1. The molecule has 0 heterocycles. The first-order valence-corrected chi connectivity index (χ1v) is 10.8. The average Bonchev–Trinajstić information content (AvgIpc) is 2.74. The first-order chi connectivity index (χ1) is 14.5. The molecule has 4 nitrogen and oxygen atoms in total. The summed E-state index contributed by atoms with van der Waals surface area (Å²) < 4.78 is 12.7. The van der Waals surface area contributed by atoms with Crippen LogP contribution in [-0.2, 0) is 6.61 Å². The van der Waals surface area contributed by atoms with Crippen molar-refractivity contribution in [3.63, 3.8) is 0 Å². The van der Waals surface area contributed by atoms with Crippen LogP contribution >= 0.6 is 15.9 Å². The van der Waals surface area contributed by atoms with Gasteiger partial charge in [0.25, 0.3) is 5.91 Å². The topological polar surface area (TPSA) is 47.6 Å². The molecule has 0 atom stereocenters. The van der Waals surface area contributed by atoms with Crippen molar-refractivity contribution in [2.45, 2.75) is 33.3 Å². The Morgan fingerprint density at radius 2 is 1.73 bits per heavy atom. The van der Waals surface area contributed by atoms with Gasteiger partial charge in [-0.2, -0.15) is 0 Å². The number of carbonyl (C=O) groups excluding carboxylic acids is 1. The lowest BCUT2D eigenvalue weighted by Crippen LogP contribution is -2.14. The van der Waals surface area contributed by atoms with Crippen molar-refractivity contribution < 1.29 is 14.3 Å². The maximum absolute atomic E-state index is 12.9. The third-order valence-corrected chi connectivity index (χ3v) is 5.12. The standard InChI is InChI=1S/C25H26BrNO3/c1-4-29-24-14-19(10-13-23(24)30-16-18-8-6-5-7-9-18)25(28)27-22-12-11-20(26)15-21(22)17(2)3/h5-15,17H,4,16H2,1-3H3,(H,27,28). The van der Waals surface area contributed by atoms with Crippen molar-refractivity contribution >= 4 is 27.5 Å². The van der Waals surface area contributed by atoms with Gasteiger partial charge in [-0.3, -0.25) is 4.79 Å². The van der Waals surface area contributed by atoms with E-state index in [1.807, 2.05) is 55.5 Å². The van der Waals surface area contributed by atoms with Gasteiger partial charge >= 0.3 is 0 Å². The predicted molar refractivity (Wildman–Crippen MR) is 125 cm³/mol. The molecular weight excluding hydrogens is 442 g/mol. The van der Waals surface area contributed by atoms with E-state index in [-0.39, 0.29) is 11.8 Å². The molecule has 0 aliphatic rings. The molecule has 0 aromatic heterocycles. The molecule has 0 saturated heterocycles. The molecule has 5 heteroatoms. The van der Waals surface area contributed by atoms with Crippen molar-refractivity contribution in [1.29, 1.82) is 0 Å². The number of ether oxygens (including phenoxy) is 2. The van der Waals surface area contributed by atoms with E-state index in [4.69, 9.17) is 9.47 Å². The lowest BCUT2D eigenvalue weighted by Gasteiger charge is -2.16. The van der Waals surface area contributed by atoms with Crippen LogP contribution in [0, 0.1) is 0 Å². The van der Waals surface area contributed by atoms with Gasteiger partial charge in [-0.25, -0.2) is 0 Å². The number of halogens is 1. The van der Waals surface area contributed by atoms with Crippen LogP contribution in [-0.4, -0.2) is 12.5 Å². The third kappa shape index (κ3) is 5.63. The monoisotopic (exact) mass is 467 g/mol. The Morgan fingerprint density at radius 1 is 0.967 bits per heavy atom. The van der Waals surface area contributed by atoms with E-state index in [0.29, 0.717) is 30.3 Å². The number of hydrogen-bond donors (Lipinski definition) is 1. The summed E-state index contributed by atoms with van der Waals surface area (Å²) in [6, 6.07) is 21.1. The van der Waals surface area contributed by atoms with Gasteiger partial charge in [0.05, 0.1) is 6.61 Å². The van der Waals surface area contributed by atoms with Crippen LogP contribution in [0.2, 0.25) is 0 Å². The van der Waals surface area contributed by atoms with Crippen LogP contribution in [0.15, 0.2) is 71.2 Å². The van der Waals surface area contributed by atoms with Gasteiger partial charge in [0, 0.05) is 15.7 Å². The van der Waals surface area contributed by atoms with Gasteiger partial charge < -0.3 is 14.8 Å². The summed E-state index contributed by atoms with van der Waals surface area (Å²) in [6.07, 6.45) is 0. The fourth-order valence-corrected chi connectivity index (χ4v) is 3.47. The SMILES string of the molecule is CCOc1cc(C(=O)Nc2ccc(Br)cc2C(C)C)ccc1OCc1ccccc1. The second kappa shape index (κ2) is 10.3. The molecule has 3 aromatic rings. The zero-order valence-electron chi connectivity index (χ0n) is 17.4. The Labute approximate surface area is 186 Å². The molecule has 0 fully saturated rings. The van der Waals surface area contributed by atoms with Crippen LogP contribution in [0.5, 0.6) is 11.5 Å². The summed E-state index contributed by atoms with van der Waals surface area (Å²) in [4.78, 5) is 12.9. The van der Waals surface area contributed by atoms with Crippen LogP contribution in [0.25, 0.3) is 0 Å². The first-order valence-electron chi connectivity index (χ1n) is 10.0. The third-order valence-electron chi connectivity index (χ3n) is 4.63. The molecule has 0 radical (unpaired) electrons. The van der Waals surface area contributed by atoms with Gasteiger partial charge in [-0.1, -0.05) is 60.1 Å². The minimum absolute atomic E-state index is 0.185. The van der Waals surface area contributed by atoms with E-state index >= 15 is 0 Å². The van der Waals surface area contributed by atoms with E-state index in [2.05, 4.69) is 35.1 Å². The molecule has 30 heavy (non-hydrogen) atoms. The molecule has 156 valence electrons. The molecule has 0 saturated carbocycles. The van der Waals surface area contributed by atoms with E-state index in [1.54, 1.807) is 18.2 Å². The Hall–Kier alpha value is -2.79. The maximum atomic E-state index is 12.9. The summed E-state index contributed by atoms with van der Waals surface area (Å²) in [5.74, 6) is 1.27. The van der Waals surface area contributed by atoms with Crippen LogP contribution in [0.1, 0.15) is 48.2 Å². The minimum atomic E-state index is -0.185. The quantitative estimate of drug-likeness (QED) is 0.396. The van der Waals surface area contributed by atoms with Gasteiger partial charge in [-0.05, 0) is 60.4 Å². The van der Waals surface area contributed by atoms with Gasteiger partial charge in [0.2, 0.25) is 0 Å². The second-order valence-electron chi connectivity index (χ2n) is 7.21. The zero-order chi connectivity index (χ0) is 21.5. The highest BCUT2D eigenvalue weighted by molar-refractivity contribution is 9.10. The average molecular weight is 468 g/mol. The normalized spacial score (nSPS) is 10.7. The van der Waals surface area contributed by atoms with Crippen molar-refractivity contribution in [3.8, 4) is 11.5 Å². The summed E-state index contributed by atoms with van der Waals surface area (Å²) in [5, 5.41) is 3.03. The second-order valence-corrected chi connectivity index (χ2v) is 8.12. The molecule has 1 amide bonds. The molecule has 3 aromatic carbocycles. The summed E-state index contributed by atoms with van der Waals surface area (Å²) in [7, 11) is 0. The van der Waals surface area contributed by atoms with Gasteiger partial charge in [0.15, 0.2) is 11.5 Å². The summed E-state index contributed by atoms with van der Waals surface area (Å²) in [6.45, 7) is 7.03. The Bertz CT molecular complexity index is 1000. The number of rotatable bonds is 8. The Kier molecular flexibility index (Phi) is 7.52. The molecule has 0 aliphatic carbocycles. The molecular formula is C25H26BrNO3. The summed E-state index contributed by atoms with van der Waals surface area (Å²) >= 11 is 3.50. The molecule has 0 bridgehead atoms. The molecule has 0 aliphatic heterocycles. The number of hydrogen-bond acceptors (Lipinski definition) is 3. The predicted octanol–water partition coefficient (Wildman–Crippen LogP) is 6.80. The smallest absolute Gasteiger partial charge is 0.255 e. The van der Waals surface area contributed by atoms with Gasteiger partial charge in [-0.15, -0.1) is 0 Å². The largest absolute Gasteiger partial charge is 0.490 e. The number of carbonyl (C=O) groups is 1. The number of benzene rings is 3. The fourth-order valence-electron chi connectivity index (χ4n) is 3.09. The lowest BCUT2D eigenvalue weighted by atomic mass is 10.0. The highest BCUT2D eigenvalue weighted by Gasteiger charge is 2.15. The van der Waals surface area contributed by atoms with E-state index in [9.17, 15) is 4.79 Å². The maximum Gasteiger partial charge on any atom is 0.255 e. The first kappa shape index (κ1) is 21.9. The Balaban J connectivity index is 1.79. The zero-order valence-corrected chi connectivity index (χ0v) is 19.0. The summed E-state index contributed by atoms with van der Waals surface area (Å²) in [5.41, 5.74) is 3.47. The van der Waals surface area contributed by atoms with Crippen molar-refractivity contribution in [3.05, 3.63) is 87.9 Å². The number of nitrogens with one attached hydrogen (secondary N) is 1. The highest BCUT2D eigenvalue weighted by Crippen LogP contribution is 2.31.